The molecule has 1 aliphatic rings. The second kappa shape index (κ2) is 25.4. The average molecular weight is 922 g/mol. The maximum absolute atomic E-state index is 15.2. The van der Waals surface area contributed by atoms with Crippen molar-refractivity contribution in [3.8, 4) is 28.7 Å². The van der Waals surface area contributed by atoms with Crippen LogP contribution in [0, 0.1) is 23.2 Å². The van der Waals surface area contributed by atoms with E-state index in [2.05, 4.69) is 5.32 Å². The highest BCUT2D eigenvalue weighted by molar-refractivity contribution is 6.34. The maximum atomic E-state index is 15.2. The summed E-state index contributed by atoms with van der Waals surface area (Å²) < 4.78 is 42.5. The van der Waals surface area contributed by atoms with E-state index in [0.717, 1.165) is 25.3 Å². The summed E-state index contributed by atoms with van der Waals surface area (Å²) in [4.78, 5) is 71.6. The minimum atomic E-state index is -3.15. The molecule has 0 unspecified atom stereocenters. The number of alkyl halides is 2. The zero-order valence-corrected chi connectivity index (χ0v) is 38.4. The molecule has 0 spiro atoms. The fourth-order valence-corrected chi connectivity index (χ4v) is 8.32. The van der Waals surface area contributed by atoms with E-state index in [4.69, 9.17) is 38.3 Å². The van der Waals surface area contributed by atoms with Crippen molar-refractivity contribution in [3.63, 3.8) is 0 Å². The summed E-state index contributed by atoms with van der Waals surface area (Å²) in [5.74, 6) is -7.03. The van der Waals surface area contributed by atoms with Crippen molar-refractivity contribution in [2.75, 3.05) is 39.9 Å². The number of Topliss-reactive ketones (excluding diaryl/α,β-unsaturated/α-hetero) is 3. The smallest absolute Gasteiger partial charge is 0.273 e. The number of likely N-dealkylation sites (N-methyl/N-ethyl adjacent to an activating group) is 1. The molecule has 352 valence electrons. The lowest BCUT2D eigenvalue weighted by atomic mass is 9.88. The predicted octanol–water partition coefficient (Wildman–Crippen LogP) is 7.38. The predicted molar refractivity (Wildman–Crippen MR) is 246 cm³/mol. The van der Waals surface area contributed by atoms with Crippen LogP contribution in [0.5, 0.6) is 11.5 Å². The number of halogens is 3. The Morgan fingerprint density at radius 1 is 0.923 bits per heavy atom. The van der Waals surface area contributed by atoms with E-state index in [1.54, 1.807) is 43.3 Å². The second-order valence-electron chi connectivity index (χ2n) is 16.6. The summed E-state index contributed by atoms with van der Waals surface area (Å²) >= 11 is 6.49. The first kappa shape index (κ1) is 52.4. The largest absolute Gasteiger partial charge is 0.492 e. The van der Waals surface area contributed by atoms with E-state index in [9.17, 15) is 29.2 Å². The minimum absolute atomic E-state index is 0.00199. The van der Waals surface area contributed by atoms with Gasteiger partial charge >= 0.3 is 0 Å². The highest BCUT2D eigenvalue weighted by Gasteiger charge is 2.37. The lowest BCUT2D eigenvalue weighted by molar-refractivity contribution is -0.142. The molecule has 0 radical (unpaired) electrons. The molecular weight excluding hydrogens is 858 g/mol. The molecule has 2 amide bonds. The third kappa shape index (κ3) is 14.4. The van der Waals surface area contributed by atoms with Gasteiger partial charge in [-0.3, -0.25) is 24.0 Å². The Labute approximate surface area is 385 Å². The summed E-state index contributed by atoms with van der Waals surface area (Å²) in [7, 11) is 1.43. The van der Waals surface area contributed by atoms with Crippen LogP contribution in [0.15, 0.2) is 54.6 Å². The van der Waals surface area contributed by atoms with Crippen molar-refractivity contribution < 1.29 is 42.2 Å². The Kier molecular flexibility index (Phi) is 20.5. The molecule has 0 saturated heterocycles. The van der Waals surface area contributed by atoms with Gasteiger partial charge in [0, 0.05) is 86.3 Å². The number of benzene rings is 3. The van der Waals surface area contributed by atoms with E-state index in [-0.39, 0.29) is 99.7 Å². The van der Waals surface area contributed by atoms with Crippen LogP contribution in [0.4, 0.5) is 8.78 Å². The summed E-state index contributed by atoms with van der Waals surface area (Å²) in [6.45, 7) is 4.25. The number of nitriles is 1. The van der Waals surface area contributed by atoms with Gasteiger partial charge in [-0.15, -0.1) is 0 Å². The summed E-state index contributed by atoms with van der Waals surface area (Å²) in [5.41, 5.74) is 19.3. The number of hydrogen-bond donors (Lipinski definition) is 4. The van der Waals surface area contributed by atoms with Crippen LogP contribution in [0.1, 0.15) is 118 Å². The SMILES string of the molecule is CCCCCCCC(F)(F)c1ccc(C(=O)C[C@@H](CCN)C(=O)N(C)[C@@H]2C(=O)C[C@@H](C)C(=O)N[C@H](C(=O)CCC#N)Cc3ccc(OCCN)c(c3)-c3cc2ccc3OCCN)c(Cl)c1. The van der Waals surface area contributed by atoms with Crippen LogP contribution in [-0.4, -0.2) is 80.0 Å². The molecular formula is C49H63ClF2N6O7. The number of nitrogens with one attached hydrogen (secondary N) is 1. The summed E-state index contributed by atoms with van der Waals surface area (Å²) in [6, 6.07) is 13.4. The van der Waals surface area contributed by atoms with Crippen molar-refractivity contribution in [2.24, 2.45) is 29.0 Å². The average Bonchev–Trinajstić information content (AvgIpc) is 3.28. The fraction of sp³-hybridized carbons (Fsp3) is 0.510. The Balaban J connectivity index is 1.78. The molecule has 4 rings (SSSR count). The Morgan fingerprint density at radius 2 is 1.58 bits per heavy atom. The summed E-state index contributed by atoms with van der Waals surface area (Å²) in [6.07, 6.45) is 2.72. The van der Waals surface area contributed by atoms with Crippen LogP contribution >= 0.6 is 11.6 Å². The second-order valence-corrected chi connectivity index (χ2v) is 17.0. The van der Waals surface area contributed by atoms with Crippen molar-refractivity contribution in [1.82, 2.24) is 10.2 Å². The maximum Gasteiger partial charge on any atom is 0.273 e. The first-order chi connectivity index (χ1) is 31.1. The van der Waals surface area contributed by atoms with Gasteiger partial charge in [0.05, 0.1) is 17.1 Å². The molecule has 0 fully saturated rings. The Bertz CT molecular complexity index is 2180. The van der Waals surface area contributed by atoms with Gasteiger partial charge in [-0.2, -0.15) is 5.26 Å². The standard InChI is InChI=1S/C49H63ClF2N6O7/c1-4-5-6-7-8-18-49(51,52)35-13-14-36(39(50)30-35)42(60)29-34(17-20-54)48(63)58(3)46-33-12-16-45(65-24-22-56)38(28-33)37-26-32(11-15-44(37)64-23-21-55)27-40(41(59)10-9-19-53)57-47(62)31(2)25-43(46)61/h11-16,26,28,30-31,34,40,46H,4-10,17-18,20-25,27,29,54-56H2,1-3H3,(H,57,62)/t31-,34-,40+,46+/m1/s1. The third-order valence-corrected chi connectivity index (χ3v) is 11.9. The number of nitrogens with two attached hydrogens (primary N) is 3. The number of fused-ring (bicyclic) bond motifs is 5. The van der Waals surface area contributed by atoms with Crippen molar-refractivity contribution in [1.29, 1.82) is 5.26 Å². The molecule has 1 heterocycles. The molecule has 16 heteroatoms. The number of ketones is 3. The van der Waals surface area contributed by atoms with Gasteiger partial charge in [0.15, 0.2) is 17.3 Å². The van der Waals surface area contributed by atoms with Gasteiger partial charge in [0.2, 0.25) is 11.8 Å². The molecule has 7 N–H and O–H groups in total. The quantitative estimate of drug-likeness (QED) is 0.0543. The molecule has 4 bridgehead atoms. The van der Waals surface area contributed by atoms with E-state index in [1.165, 1.54) is 24.1 Å². The Morgan fingerprint density at radius 3 is 2.22 bits per heavy atom. The lowest BCUT2D eigenvalue weighted by Gasteiger charge is -2.32. The highest BCUT2D eigenvalue weighted by atomic mass is 35.5. The van der Waals surface area contributed by atoms with Crippen molar-refractivity contribution in [3.05, 3.63) is 81.9 Å². The van der Waals surface area contributed by atoms with Crippen molar-refractivity contribution in [2.45, 2.75) is 109 Å². The van der Waals surface area contributed by atoms with Crippen LogP contribution in [0.3, 0.4) is 0 Å². The van der Waals surface area contributed by atoms with Gasteiger partial charge in [-0.05, 0) is 73.3 Å². The zero-order valence-electron chi connectivity index (χ0n) is 37.6. The van der Waals surface area contributed by atoms with E-state index >= 15 is 8.78 Å². The number of rotatable bonds is 23. The van der Waals surface area contributed by atoms with Crippen LogP contribution < -0.4 is 32.0 Å². The number of carbonyl (C=O) groups is 5. The van der Waals surface area contributed by atoms with Gasteiger partial charge < -0.3 is 36.9 Å². The van der Waals surface area contributed by atoms with E-state index in [0.29, 0.717) is 46.6 Å². The van der Waals surface area contributed by atoms with E-state index in [1.807, 2.05) is 13.0 Å². The van der Waals surface area contributed by atoms with Gasteiger partial charge in [0.25, 0.3) is 5.92 Å². The van der Waals surface area contributed by atoms with Gasteiger partial charge in [0.1, 0.15) is 30.8 Å². The minimum Gasteiger partial charge on any atom is -0.492 e. The molecule has 4 atom stereocenters. The van der Waals surface area contributed by atoms with E-state index < -0.39 is 53.2 Å². The molecule has 13 nitrogen and oxygen atoms in total. The molecule has 0 aromatic heterocycles. The fourth-order valence-electron chi connectivity index (χ4n) is 8.04. The van der Waals surface area contributed by atoms with Crippen molar-refractivity contribution >= 4 is 40.8 Å². The number of nitrogens with zero attached hydrogens (tertiary/aromatic N) is 2. The van der Waals surface area contributed by atoms with Gasteiger partial charge in [-0.1, -0.05) is 69.3 Å². The molecule has 65 heavy (non-hydrogen) atoms. The number of hydrogen-bond acceptors (Lipinski definition) is 11. The molecule has 3 aromatic rings. The van der Waals surface area contributed by atoms with Crippen LogP contribution in [0.25, 0.3) is 11.1 Å². The summed E-state index contributed by atoms with van der Waals surface area (Å²) in [5, 5.41) is 11.8. The molecule has 0 aliphatic carbocycles. The molecule has 3 aromatic carbocycles. The number of ether oxygens (including phenoxy) is 2. The topological polar surface area (TPSA) is 221 Å². The normalized spacial score (nSPS) is 17.0. The highest BCUT2D eigenvalue weighted by Crippen LogP contribution is 2.41. The number of unbranched alkanes of at least 4 members (excludes halogenated alkanes) is 4. The van der Waals surface area contributed by atoms with Crippen LogP contribution in [-0.2, 0) is 31.5 Å². The van der Waals surface area contributed by atoms with Crippen LogP contribution in [0.2, 0.25) is 5.02 Å². The lowest BCUT2D eigenvalue weighted by Crippen LogP contribution is -2.46. The zero-order chi connectivity index (χ0) is 47.7. The third-order valence-electron chi connectivity index (χ3n) is 11.6. The van der Waals surface area contributed by atoms with Gasteiger partial charge in [-0.25, -0.2) is 8.78 Å². The first-order valence-corrected chi connectivity index (χ1v) is 22.8. The first-order valence-electron chi connectivity index (χ1n) is 22.4. The number of amides is 2. The molecule has 1 aliphatic heterocycles. The monoisotopic (exact) mass is 920 g/mol. The molecule has 0 saturated carbocycles. The Hall–Kier alpha value is -5.27. The number of carbonyl (C=O) groups excluding carboxylic acids is 5.